The van der Waals surface area contributed by atoms with Crippen LogP contribution in [0.2, 0.25) is 0 Å². The van der Waals surface area contributed by atoms with E-state index in [1.165, 1.54) is 18.4 Å². The van der Waals surface area contributed by atoms with Crippen LogP contribution in [0.1, 0.15) is 60.3 Å². The summed E-state index contributed by atoms with van der Waals surface area (Å²) in [6, 6.07) is 3.88. The van der Waals surface area contributed by atoms with Gasteiger partial charge >= 0.3 is 0 Å². The molecule has 1 aliphatic rings. The third kappa shape index (κ3) is 1.45. The van der Waals surface area contributed by atoms with Crippen molar-refractivity contribution in [3.63, 3.8) is 0 Å². The number of carbonyl (C=O) groups excluding carboxylic acids is 1. The Hall–Kier alpha value is -1.18. The summed E-state index contributed by atoms with van der Waals surface area (Å²) < 4.78 is 0. The number of carbonyl (C=O) groups is 1. The molecule has 2 nitrogen and oxygen atoms in total. The van der Waals surface area contributed by atoms with Gasteiger partial charge in [0, 0.05) is 5.69 Å². The molecule has 0 amide bonds. The first kappa shape index (κ1) is 9.38. The molecule has 1 aromatic heterocycles. The van der Waals surface area contributed by atoms with E-state index in [-0.39, 0.29) is 0 Å². The van der Waals surface area contributed by atoms with Gasteiger partial charge in [0.1, 0.15) is 5.69 Å². The second-order valence-electron chi connectivity index (χ2n) is 4.21. The summed E-state index contributed by atoms with van der Waals surface area (Å²) in [6.45, 7) is 4.42. The van der Waals surface area contributed by atoms with Crippen molar-refractivity contribution >= 4 is 6.29 Å². The van der Waals surface area contributed by atoms with Crippen molar-refractivity contribution in [2.24, 2.45) is 0 Å². The molecular weight excluding hydrogens is 174 g/mol. The predicted molar refractivity (Wildman–Crippen MR) is 55.7 cm³/mol. The highest BCUT2D eigenvalue weighted by molar-refractivity contribution is 5.71. The van der Waals surface area contributed by atoms with Crippen molar-refractivity contribution < 1.29 is 4.79 Å². The van der Waals surface area contributed by atoms with Crippen LogP contribution in [0.25, 0.3) is 0 Å². The lowest BCUT2D eigenvalue weighted by atomic mass is 9.81. The highest BCUT2D eigenvalue weighted by Gasteiger charge is 2.23. The number of hydrogen-bond donors (Lipinski definition) is 0. The first-order chi connectivity index (χ1) is 6.72. The molecule has 0 fully saturated rings. The van der Waals surface area contributed by atoms with Crippen LogP contribution in [0.5, 0.6) is 0 Å². The van der Waals surface area contributed by atoms with E-state index < -0.39 is 0 Å². The summed E-state index contributed by atoms with van der Waals surface area (Å²) in [5.74, 6) is 1.09. The van der Waals surface area contributed by atoms with Gasteiger partial charge < -0.3 is 0 Å². The summed E-state index contributed by atoms with van der Waals surface area (Å²) in [5.41, 5.74) is 3.02. The first-order valence-corrected chi connectivity index (χ1v) is 5.18. The van der Waals surface area contributed by atoms with Gasteiger partial charge in [-0.3, -0.25) is 4.79 Å². The van der Waals surface area contributed by atoms with Crippen LogP contribution in [0.3, 0.4) is 0 Å². The van der Waals surface area contributed by atoms with Crippen LogP contribution in [0.15, 0.2) is 12.1 Å². The molecule has 2 heteroatoms. The van der Waals surface area contributed by atoms with E-state index in [2.05, 4.69) is 24.9 Å². The fraction of sp³-hybridized carbons (Fsp3) is 0.500. The maximum Gasteiger partial charge on any atom is 0.168 e. The molecule has 0 bridgehead atoms. The van der Waals surface area contributed by atoms with Crippen LogP contribution in [-0.2, 0) is 0 Å². The van der Waals surface area contributed by atoms with Gasteiger partial charge in [-0.05, 0) is 36.3 Å². The summed E-state index contributed by atoms with van der Waals surface area (Å²) >= 11 is 0. The Morgan fingerprint density at radius 1 is 1.29 bits per heavy atom. The van der Waals surface area contributed by atoms with Crippen molar-refractivity contribution in [3.8, 4) is 0 Å². The molecule has 2 unspecified atom stereocenters. The number of rotatable bonds is 1. The lowest BCUT2D eigenvalue weighted by molar-refractivity contribution is 0.111. The van der Waals surface area contributed by atoms with E-state index in [1.54, 1.807) is 0 Å². The molecule has 0 aliphatic heterocycles. The van der Waals surface area contributed by atoms with Crippen molar-refractivity contribution in [1.82, 2.24) is 4.98 Å². The standard InChI is InChI=1S/C12H15NO/c1-8-3-4-9(2)12-11(8)6-5-10(7-14)13-12/h5-9H,3-4H2,1-2H3. The quantitative estimate of drug-likeness (QED) is 0.636. The normalized spacial score (nSPS) is 25.6. The summed E-state index contributed by atoms with van der Waals surface area (Å²) in [6.07, 6.45) is 3.24. The van der Waals surface area contributed by atoms with Crippen LogP contribution >= 0.6 is 0 Å². The van der Waals surface area contributed by atoms with Gasteiger partial charge in [0.05, 0.1) is 0 Å². The van der Waals surface area contributed by atoms with E-state index in [0.717, 1.165) is 12.0 Å². The zero-order valence-electron chi connectivity index (χ0n) is 8.66. The molecule has 2 rings (SSSR count). The third-order valence-electron chi connectivity index (χ3n) is 3.13. The number of fused-ring (bicyclic) bond motifs is 1. The maximum absolute atomic E-state index is 10.6. The number of hydrogen-bond acceptors (Lipinski definition) is 2. The number of pyridine rings is 1. The van der Waals surface area contributed by atoms with Gasteiger partial charge in [-0.1, -0.05) is 19.9 Å². The van der Waals surface area contributed by atoms with E-state index in [4.69, 9.17) is 0 Å². The maximum atomic E-state index is 10.6. The Balaban J connectivity index is 2.50. The monoisotopic (exact) mass is 189 g/mol. The second kappa shape index (κ2) is 3.52. The predicted octanol–water partition coefficient (Wildman–Crippen LogP) is 2.89. The molecular formula is C12H15NO. The lowest BCUT2D eigenvalue weighted by Crippen LogP contribution is -2.13. The SMILES string of the molecule is CC1CCC(C)c2nc(C=O)ccc21. The number of nitrogens with zero attached hydrogens (tertiary/aromatic N) is 1. The molecule has 0 radical (unpaired) electrons. The van der Waals surface area contributed by atoms with Gasteiger partial charge in [0.15, 0.2) is 6.29 Å². The van der Waals surface area contributed by atoms with Crippen molar-refractivity contribution in [3.05, 3.63) is 29.1 Å². The first-order valence-electron chi connectivity index (χ1n) is 5.18. The van der Waals surface area contributed by atoms with Crippen LogP contribution < -0.4 is 0 Å². The lowest BCUT2D eigenvalue weighted by Gasteiger charge is -2.26. The van der Waals surface area contributed by atoms with Gasteiger partial charge in [0.25, 0.3) is 0 Å². The molecule has 14 heavy (non-hydrogen) atoms. The largest absolute Gasteiger partial charge is 0.296 e. The molecule has 0 aromatic carbocycles. The molecule has 1 aromatic rings. The Kier molecular flexibility index (Phi) is 2.36. The molecule has 0 spiro atoms. The zero-order chi connectivity index (χ0) is 10.1. The van der Waals surface area contributed by atoms with E-state index in [0.29, 0.717) is 17.5 Å². The van der Waals surface area contributed by atoms with Crippen molar-refractivity contribution in [2.45, 2.75) is 38.5 Å². The Bertz CT molecular complexity index is 359. The van der Waals surface area contributed by atoms with Gasteiger partial charge in [0.2, 0.25) is 0 Å². The van der Waals surface area contributed by atoms with E-state index in [9.17, 15) is 4.79 Å². The van der Waals surface area contributed by atoms with Gasteiger partial charge in [-0.15, -0.1) is 0 Å². The van der Waals surface area contributed by atoms with Crippen LogP contribution in [0.4, 0.5) is 0 Å². The Morgan fingerprint density at radius 2 is 2.00 bits per heavy atom. The van der Waals surface area contributed by atoms with Crippen molar-refractivity contribution in [1.29, 1.82) is 0 Å². The minimum absolute atomic E-state index is 0.501. The minimum atomic E-state index is 0.501. The number of aromatic nitrogens is 1. The molecule has 0 N–H and O–H groups in total. The number of aldehydes is 1. The van der Waals surface area contributed by atoms with Crippen molar-refractivity contribution in [2.75, 3.05) is 0 Å². The zero-order valence-corrected chi connectivity index (χ0v) is 8.66. The molecule has 1 aliphatic carbocycles. The van der Waals surface area contributed by atoms with Crippen LogP contribution in [0, 0.1) is 0 Å². The molecule has 0 saturated carbocycles. The smallest absolute Gasteiger partial charge is 0.168 e. The third-order valence-corrected chi connectivity index (χ3v) is 3.13. The summed E-state index contributed by atoms with van der Waals surface area (Å²) in [5, 5.41) is 0. The van der Waals surface area contributed by atoms with Gasteiger partial charge in [-0.2, -0.15) is 0 Å². The Labute approximate surface area is 84.4 Å². The van der Waals surface area contributed by atoms with E-state index >= 15 is 0 Å². The Morgan fingerprint density at radius 3 is 2.71 bits per heavy atom. The fourth-order valence-corrected chi connectivity index (χ4v) is 2.17. The second-order valence-corrected chi connectivity index (χ2v) is 4.21. The van der Waals surface area contributed by atoms with E-state index in [1.807, 2.05) is 6.07 Å². The van der Waals surface area contributed by atoms with Crippen LogP contribution in [-0.4, -0.2) is 11.3 Å². The molecule has 2 atom stereocenters. The highest BCUT2D eigenvalue weighted by Crippen LogP contribution is 2.36. The van der Waals surface area contributed by atoms with Gasteiger partial charge in [-0.25, -0.2) is 4.98 Å². The highest BCUT2D eigenvalue weighted by atomic mass is 16.1. The average molecular weight is 189 g/mol. The molecule has 1 heterocycles. The fourth-order valence-electron chi connectivity index (χ4n) is 2.17. The molecule has 0 saturated heterocycles. The topological polar surface area (TPSA) is 30.0 Å². The average Bonchev–Trinajstić information content (AvgIpc) is 2.23. The molecule has 74 valence electrons. The minimum Gasteiger partial charge on any atom is -0.296 e. The summed E-state index contributed by atoms with van der Waals surface area (Å²) in [4.78, 5) is 15.0. The summed E-state index contributed by atoms with van der Waals surface area (Å²) in [7, 11) is 0.